The number of urea groups is 1. The number of carbonyl (C=O) groups excluding carboxylic acids is 3. The predicted octanol–water partition coefficient (Wildman–Crippen LogP) is 1.11. The minimum atomic E-state index is -1.64. The molecule has 4 amide bonds. The highest BCUT2D eigenvalue weighted by Gasteiger charge is 2.48. The lowest BCUT2D eigenvalue weighted by Crippen LogP contribution is -2.54. The highest BCUT2D eigenvalue weighted by atomic mass is 16.5. The maximum Gasteiger partial charge on any atom is 0.323 e. The van der Waals surface area contributed by atoms with Gasteiger partial charge in [0.1, 0.15) is 5.75 Å². The van der Waals surface area contributed by atoms with E-state index in [2.05, 4.69) is 27.8 Å². The molecule has 0 radical (unpaired) electrons. The van der Waals surface area contributed by atoms with Gasteiger partial charge in [0.15, 0.2) is 0 Å². The summed E-state index contributed by atoms with van der Waals surface area (Å²) < 4.78 is 5.22. The molecule has 0 unspecified atom stereocenters. The summed E-state index contributed by atoms with van der Waals surface area (Å²) >= 11 is 0. The number of nitrogens with one attached hydrogen (secondary N) is 3. The van der Waals surface area contributed by atoms with Gasteiger partial charge >= 0.3 is 6.03 Å². The number of anilines is 2. The van der Waals surface area contributed by atoms with Crippen LogP contribution in [0.1, 0.15) is 33.5 Å². The van der Waals surface area contributed by atoms with Crippen molar-refractivity contribution in [2.24, 2.45) is 0 Å². The van der Waals surface area contributed by atoms with E-state index in [1.165, 1.54) is 12.0 Å². The van der Waals surface area contributed by atoms with Gasteiger partial charge in [-0.15, -0.1) is 0 Å². The number of rotatable bonds is 9. The van der Waals surface area contributed by atoms with Gasteiger partial charge in [0.05, 0.1) is 19.3 Å². The number of hydrogen-bond acceptors (Lipinski definition) is 8. The van der Waals surface area contributed by atoms with E-state index in [1.807, 2.05) is 19.0 Å². The van der Waals surface area contributed by atoms with Crippen molar-refractivity contribution in [2.45, 2.75) is 24.9 Å². The van der Waals surface area contributed by atoms with Crippen LogP contribution in [0, 0.1) is 11.8 Å². The fourth-order valence-corrected chi connectivity index (χ4v) is 4.95. The summed E-state index contributed by atoms with van der Waals surface area (Å²) in [5, 5.41) is 7.85. The van der Waals surface area contributed by atoms with E-state index >= 15 is 0 Å². The molecule has 1 saturated heterocycles. The zero-order chi connectivity index (χ0) is 29.3. The molecule has 2 aliphatic rings. The molecule has 0 saturated carbocycles. The van der Waals surface area contributed by atoms with Crippen molar-refractivity contribution in [3.8, 4) is 17.6 Å². The fraction of sp³-hybridized carbons (Fsp3) is 0.300. The number of benzene rings is 2. The van der Waals surface area contributed by atoms with Crippen LogP contribution in [-0.2, 0) is 17.8 Å². The Morgan fingerprint density at radius 2 is 1.80 bits per heavy atom. The van der Waals surface area contributed by atoms with Crippen LogP contribution in [0.4, 0.5) is 16.2 Å². The minimum absolute atomic E-state index is 0.145. The van der Waals surface area contributed by atoms with Gasteiger partial charge in [0.25, 0.3) is 11.8 Å². The smallest absolute Gasteiger partial charge is 0.323 e. The third kappa shape index (κ3) is 5.42. The highest BCUT2D eigenvalue weighted by Crippen LogP contribution is 2.28. The van der Waals surface area contributed by atoms with Crippen LogP contribution >= 0.6 is 0 Å². The van der Waals surface area contributed by atoms with E-state index in [4.69, 9.17) is 4.74 Å². The molecular formula is C30H29N5O6. The number of methoxy groups -OCH3 is 1. The highest BCUT2D eigenvalue weighted by molar-refractivity contribution is 6.10. The van der Waals surface area contributed by atoms with E-state index in [0.717, 1.165) is 18.5 Å². The molecule has 1 fully saturated rings. The molecule has 0 aromatic heterocycles. The van der Waals surface area contributed by atoms with Gasteiger partial charge in [0, 0.05) is 28.9 Å². The second kappa shape index (κ2) is 10.9. The van der Waals surface area contributed by atoms with Gasteiger partial charge in [-0.05, 0) is 75.4 Å². The molecule has 0 spiro atoms. The van der Waals surface area contributed by atoms with Crippen molar-refractivity contribution in [1.82, 2.24) is 20.4 Å². The first kappa shape index (κ1) is 27.6. The molecule has 1 atom stereocenters. The van der Waals surface area contributed by atoms with E-state index in [0.29, 0.717) is 40.2 Å². The molecule has 3 aromatic carbocycles. The Balaban J connectivity index is 1.32. The SMILES string of the molecule is COc1ccc2c(c1)C(=O)N(C[C@@]1(C#Cc3ccc(Nc4c(CCCN(C)C)c(=O)c4=O)cc3)NC(=O)NC1=O)C2. The average Bonchev–Trinajstić information content (AvgIpc) is 3.42. The molecule has 2 aliphatic heterocycles. The number of fused-ring (bicyclic) bond motifs is 1. The maximum atomic E-state index is 13.1. The van der Waals surface area contributed by atoms with Crippen LogP contribution < -0.4 is 31.5 Å². The largest absolute Gasteiger partial charge is 0.497 e. The van der Waals surface area contributed by atoms with Gasteiger partial charge < -0.3 is 25.2 Å². The zero-order valence-electron chi connectivity index (χ0n) is 22.9. The maximum absolute atomic E-state index is 13.1. The van der Waals surface area contributed by atoms with E-state index in [9.17, 15) is 24.0 Å². The Kier molecular flexibility index (Phi) is 7.34. The Morgan fingerprint density at radius 1 is 1.05 bits per heavy atom. The number of hydrogen-bond donors (Lipinski definition) is 3. The van der Waals surface area contributed by atoms with Crippen LogP contribution in [0.5, 0.6) is 5.75 Å². The summed E-state index contributed by atoms with van der Waals surface area (Å²) in [7, 11) is 5.41. The van der Waals surface area contributed by atoms with Crippen molar-refractivity contribution in [3.63, 3.8) is 0 Å². The molecule has 0 bridgehead atoms. The molecular weight excluding hydrogens is 526 g/mol. The predicted molar refractivity (Wildman–Crippen MR) is 152 cm³/mol. The summed E-state index contributed by atoms with van der Waals surface area (Å²) in [6.45, 7) is 0.923. The van der Waals surface area contributed by atoms with Crippen molar-refractivity contribution >= 4 is 29.2 Å². The topological polar surface area (TPSA) is 137 Å². The monoisotopic (exact) mass is 555 g/mol. The summed E-state index contributed by atoms with van der Waals surface area (Å²) in [5.74, 6) is 5.42. The molecule has 0 aliphatic carbocycles. The molecule has 41 heavy (non-hydrogen) atoms. The van der Waals surface area contributed by atoms with Crippen molar-refractivity contribution in [3.05, 3.63) is 85.2 Å². The average molecular weight is 556 g/mol. The Hall–Kier alpha value is -4.95. The third-order valence-corrected chi connectivity index (χ3v) is 7.18. The summed E-state index contributed by atoms with van der Waals surface area (Å²) in [6.07, 6.45) is 1.28. The molecule has 11 heteroatoms. The first-order valence-corrected chi connectivity index (χ1v) is 13.1. The molecule has 210 valence electrons. The van der Waals surface area contributed by atoms with E-state index in [1.54, 1.807) is 42.5 Å². The minimum Gasteiger partial charge on any atom is -0.497 e. The lowest BCUT2D eigenvalue weighted by molar-refractivity contribution is -0.122. The molecule has 3 aromatic rings. The van der Waals surface area contributed by atoms with Crippen LogP contribution in [0.3, 0.4) is 0 Å². The fourth-order valence-electron chi connectivity index (χ4n) is 4.95. The molecule has 2 heterocycles. The number of carbonyl (C=O) groups is 3. The number of ether oxygens (including phenoxy) is 1. The van der Waals surface area contributed by atoms with Crippen LogP contribution in [0.25, 0.3) is 0 Å². The second-order valence-corrected chi connectivity index (χ2v) is 10.4. The van der Waals surface area contributed by atoms with Crippen LogP contribution in [0.2, 0.25) is 0 Å². The summed E-state index contributed by atoms with van der Waals surface area (Å²) in [5.41, 5.74) is 0.603. The quantitative estimate of drug-likeness (QED) is 0.203. The summed E-state index contributed by atoms with van der Waals surface area (Å²) in [4.78, 5) is 65.7. The Labute approximate surface area is 236 Å². The summed E-state index contributed by atoms with van der Waals surface area (Å²) in [6, 6.07) is 11.3. The number of amides is 4. The molecule has 11 nitrogen and oxygen atoms in total. The van der Waals surface area contributed by atoms with Crippen molar-refractivity contribution in [1.29, 1.82) is 0 Å². The lowest BCUT2D eigenvalue weighted by Gasteiger charge is -2.26. The first-order valence-electron chi connectivity index (χ1n) is 13.1. The Bertz CT molecular complexity index is 1680. The van der Waals surface area contributed by atoms with Gasteiger partial charge in [-0.2, -0.15) is 0 Å². The third-order valence-electron chi connectivity index (χ3n) is 7.18. The van der Waals surface area contributed by atoms with Gasteiger partial charge in [0.2, 0.25) is 16.4 Å². The van der Waals surface area contributed by atoms with Crippen molar-refractivity contribution < 1.29 is 19.1 Å². The van der Waals surface area contributed by atoms with E-state index < -0.39 is 28.3 Å². The molecule has 3 N–H and O–H groups in total. The number of nitrogens with zero attached hydrogens (tertiary/aromatic N) is 2. The van der Waals surface area contributed by atoms with Gasteiger partial charge in [-0.3, -0.25) is 24.5 Å². The van der Waals surface area contributed by atoms with Crippen molar-refractivity contribution in [2.75, 3.05) is 39.6 Å². The van der Waals surface area contributed by atoms with Gasteiger partial charge in [-0.1, -0.05) is 17.9 Å². The molecule has 5 rings (SSSR count). The van der Waals surface area contributed by atoms with Crippen LogP contribution in [0.15, 0.2) is 52.1 Å². The van der Waals surface area contributed by atoms with Gasteiger partial charge in [-0.25, -0.2) is 4.79 Å². The van der Waals surface area contributed by atoms with Crippen LogP contribution in [-0.4, -0.2) is 67.5 Å². The normalized spacial score (nSPS) is 17.8. The van der Waals surface area contributed by atoms with E-state index in [-0.39, 0.29) is 19.0 Å². The zero-order valence-corrected chi connectivity index (χ0v) is 22.9. The second-order valence-electron chi connectivity index (χ2n) is 10.4. The standard InChI is InChI=1S/C30H29N5O6/c1-34(2)14-4-5-22-24(26(37)25(22)36)31-20-9-6-18(7-10-20)12-13-30(28(39)32-29(40)33-30)17-35-16-19-8-11-21(41-3)15-23(19)27(35)38/h6-11,15,31H,4-5,14,16-17H2,1-3H3,(H2,32,33,39,40)/t30-/m1/s1. The first-order chi connectivity index (χ1) is 19.6. The lowest BCUT2D eigenvalue weighted by atomic mass is 9.99. The Morgan fingerprint density at radius 3 is 2.46 bits per heavy atom. The number of imide groups is 1.